The van der Waals surface area contributed by atoms with Crippen LogP contribution in [0.5, 0.6) is 0 Å². The Morgan fingerprint density at radius 1 is 0.363 bits per heavy atom. The van der Waals surface area contributed by atoms with Gasteiger partial charge in [0.05, 0.1) is 22.8 Å². The number of carbonyl (C=O) groups excluding carboxylic acids is 3. The number of piperidine rings is 3. The Morgan fingerprint density at radius 3 is 1.05 bits per heavy atom. The van der Waals surface area contributed by atoms with E-state index in [1.165, 1.54) is 125 Å². The van der Waals surface area contributed by atoms with Crippen molar-refractivity contribution in [3.63, 3.8) is 0 Å². The minimum atomic E-state index is 0. The maximum Gasteiger partial charge on any atom is 0.254 e. The fourth-order valence-corrected chi connectivity index (χ4v) is 18.7. The molecule has 0 atom stereocenters. The zero-order chi connectivity index (χ0) is 77.1. The van der Waals surface area contributed by atoms with Crippen LogP contribution in [0.4, 0.5) is 0 Å². The summed E-state index contributed by atoms with van der Waals surface area (Å²) in [4.78, 5) is 80.6. The fourth-order valence-electron chi connectivity index (χ4n) is 18.7. The molecule has 0 unspecified atom stereocenters. The number of aromatic nitrogens is 6. The van der Waals surface area contributed by atoms with E-state index in [0.29, 0.717) is 35.5 Å². The molecule has 18 rings (SSSR count). The summed E-state index contributed by atoms with van der Waals surface area (Å²) in [5.74, 6) is 14.5. The number of likely N-dealkylation sites (tertiary alicyclic amines) is 3. The average Bonchev–Trinajstić information content (AvgIpc) is 1.20. The molecule has 3 aliphatic carbocycles. The summed E-state index contributed by atoms with van der Waals surface area (Å²) in [6, 6.07) is 40.2. The van der Waals surface area contributed by atoms with Crippen molar-refractivity contribution in [2.24, 2.45) is 0 Å². The van der Waals surface area contributed by atoms with Gasteiger partial charge in [0.15, 0.2) is 0 Å². The summed E-state index contributed by atoms with van der Waals surface area (Å²) in [5.41, 5.74) is 26.0. The van der Waals surface area contributed by atoms with Crippen molar-refractivity contribution in [3.05, 3.63) is 227 Å². The standard InChI is InChI=1S/C33H38N4O.2C32H36N4O.CH4/c1-4-23-8-10-24(11-9-23)25-12-18-37(19-13-25)33(38)27-21-29(28(20-22(27)2)26-6-5-7-26)32-34-30-14-16-36(3)17-15-31(30)35-32;1-4-22-8-10-23(11-9-22)24-12-16-36(17-13-24)32(37)26-19-28(27(18-21(26)2)25-6-5-7-25)31-33-29-14-15-35(3)20-30(29)34-31;1-3-22-7-9-23(10-8-22)24-13-19-36(20-14-24)32(37)26-11-12-27(25-5-4-6-25)28(21-26)31-33-29-15-17-35(2)18-16-30(29)34-31;/h1,8-11,20-21,25-26H,5-7,12-19H2,2-3H3,(H,34,35);1,8-11,18-19,24-25H,5-7,12-17,20H2,2-3H3,(H,33,34);1,7-12,21,24-25H,4-6,13-20H2,2H3,(H,33,34);1H4. The summed E-state index contributed by atoms with van der Waals surface area (Å²) in [5, 5.41) is 0. The number of aryl methyl sites for hydroxylation is 2. The predicted molar refractivity (Wildman–Crippen MR) is 455 cm³/mol. The van der Waals surface area contributed by atoms with E-state index in [4.69, 9.17) is 34.2 Å². The van der Waals surface area contributed by atoms with E-state index in [0.717, 1.165) is 228 Å². The highest BCUT2D eigenvalue weighted by Gasteiger charge is 2.35. The molecule has 6 aromatic carbocycles. The SMILES string of the molecule is C.C#Cc1ccc(C2CCN(C(=O)c3cc(-c4nc5c([nH]4)CCN(C)CC5)c(C4CCC4)cc3C)CC2)cc1.C#Cc1ccc(C2CCN(C(=O)c3cc(-c4nc5c([nH]4)CN(C)CC5)c(C4CCC4)cc3C)CC2)cc1.C#Cc1ccc(C2CCN(C(=O)c3ccc(C4CCC4)c(-c4nc5c([nH]4)CCN(C)CC5)c3)CC2)cc1. The van der Waals surface area contributed by atoms with E-state index < -0.39 is 0 Å². The first-order valence-corrected chi connectivity index (χ1v) is 41.9. The minimum Gasteiger partial charge on any atom is -0.342 e. The number of nitrogens with one attached hydrogen (secondary N) is 3. The van der Waals surface area contributed by atoms with E-state index >= 15 is 0 Å². The zero-order valence-corrected chi connectivity index (χ0v) is 66.5. The molecule has 113 heavy (non-hydrogen) atoms. The number of terminal acetylenes is 3. The molecule has 15 nitrogen and oxygen atoms in total. The highest BCUT2D eigenvalue weighted by atomic mass is 16.2. The summed E-state index contributed by atoms with van der Waals surface area (Å²) in [6.45, 7) is 15.0. The predicted octanol–water partition coefficient (Wildman–Crippen LogP) is 17.3. The molecule has 3 saturated carbocycles. The van der Waals surface area contributed by atoms with Gasteiger partial charge in [-0.2, -0.15) is 0 Å². The van der Waals surface area contributed by atoms with Crippen LogP contribution >= 0.6 is 0 Å². The van der Waals surface area contributed by atoms with Crippen LogP contribution in [0.1, 0.15) is 266 Å². The van der Waals surface area contributed by atoms with Gasteiger partial charge in [-0.05, 0) is 253 Å². The lowest BCUT2D eigenvalue weighted by Gasteiger charge is -2.33. The first-order valence-electron chi connectivity index (χ1n) is 41.9. The van der Waals surface area contributed by atoms with Crippen molar-refractivity contribution < 1.29 is 14.4 Å². The molecular formula is C98H114N12O3. The lowest BCUT2D eigenvalue weighted by Crippen LogP contribution is -2.38. The summed E-state index contributed by atoms with van der Waals surface area (Å²) >= 11 is 0. The second kappa shape index (κ2) is 34.7. The molecule has 6 fully saturated rings. The maximum absolute atomic E-state index is 13.8. The van der Waals surface area contributed by atoms with Crippen molar-refractivity contribution in [1.29, 1.82) is 0 Å². The van der Waals surface area contributed by atoms with Crippen molar-refractivity contribution in [1.82, 2.24) is 59.3 Å². The van der Waals surface area contributed by atoms with Gasteiger partial charge < -0.3 is 44.4 Å². The number of aromatic amines is 3. The Hall–Kier alpha value is -10.1. The minimum absolute atomic E-state index is 0. The van der Waals surface area contributed by atoms with Gasteiger partial charge in [-0.3, -0.25) is 14.4 Å². The molecule has 3 saturated heterocycles. The molecule has 3 N–H and O–H groups in total. The maximum atomic E-state index is 13.8. The number of fused-ring (bicyclic) bond motifs is 3. The third-order valence-corrected chi connectivity index (χ3v) is 26.6. The number of nitrogens with zero attached hydrogens (tertiary/aromatic N) is 9. The van der Waals surface area contributed by atoms with Crippen molar-refractivity contribution >= 4 is 17.7 Å². The van der Waals surface area contributed by atoms with E-state index in [1.807, 2.05) is 52.3 Å². The van der Waals surface area contributed by atoms with Crippen molar-refractivity contribution in [2.75, 3.05) is 93.1 Å². The number of rotatable bonds is 12. The van der Waals surface area contributed by atoms with Crippen molar-refractivity contribution in [3.8, 4) is 71.2 Å². The normalized spacial score (nSPS) is 18.8. The monoisotopic (exact) mass is 1510 g/mol. The van der Waals surface area contributed by atoms with E-state index in [9.17, 15) is 14.4 Å². The number of hydrogen-bond acceptors (Lipinski definition) is 9. The quantitative estimate of drug-likeness (QED) is 0.101. The third-order valence-electron chi connectivity index (χ3n) is 26.6. The van der Waals surface area contributed by atoms with Gasteiger partial charge in [0.1, 0.15) is 17.5 Å². The Bertz CT molecular complexity index is 4990. The molecule has 584 valence electrons. The number of likely N-dealkylation sites (N-methyl/N-ethyl adjacent to an activating group) is 3. The highest BCUT2D eigenvalue weighted by Crippen LogP contribution is 2.46. The number of carbonyl (C=O) groups is 3. The van der Waals surface area contributed by atoms with Gasteiger partial charge in [-0.15, -0.1) is 19.3 Å². The average molecular weight is 1510 g/mol. The van der Waals surface area contributed by atoms with Gasteiger partial charge in [-0.25, -0.2) is 15.0 Å². The van der Waals surface area contributed by atoms with E-state index in [2.05, 4.69) is 160 Å². The van der Waals surface area contributed by atoms with Crippen molar-refractivity contribution in [2.45, 2.75) is 192 Å². The fraction of sp³-hybridized carbons (Fsp3) is 0.449. The van der Waals surface area contributed by atoms with E-state index in [-0.39, 0.29) is 25.1 Å². The van der Waals surface area contributed by atoms with Gasteiger partial charge in [0.2, 0.25) is 0 Å². The highest BCUT2D eigenvalue weighted by molar-refractivity contribution is 5.98. The number of amides is 3. The smallest absolute Gasteiger partial charge is 0.254 e. The first kappa shape index (κ1) is 78.2. The van der Waals surface area contributed by atoms with Crippen LogP contribution in [-0.2, 0) is 38.6 Å². The lowest BCUT2D eigenvalue weighted by molar-refractivity contribution is 0.0704. The molecule has 0 spiro atoms. The topological polar surface area (TPSA) is 157 Å². The molecule has 9 heterocycles. The van der Waals surface area contributed by atoms with Crippen LogP contribution < -0.4 is 0 Å². The van der Waals surface area contributed by atoms with Crippen LogP contribution in [0.2, 0.25) is 0 Å². The first-order chi connectivity index (χ1) is 54.6. The Kier molecular flexibility index (Phi) is 24.0. The molecule has 3 aromatic heterocycles. The molecule has 0 radical (unpaired) electrons. The molecule has 9 aliphatic rings. The van der Waals surface area contributed by atoms with Gasteiger partial charge in [0, 0.05) is 172 Å². The van der Waals surface area contributed by atoms with Crippen LogP contribution in [0.25, 0.3) is 34.2 Å². The van der Waals surface area contributed by atoms with Crippen LogP contribution in [0.3, 0.4) is 0 Å². The van der Waals surface area contributed by atoms with Crippen LogP contribution in [-0.4, -0.2) is 170 Å². The lowest BCUT2D eigenvalue weighted by atomic mass is 9.77. The molecule has 6 aliphatic heterocycles. The number of imidazole rings is 3. The Morgan fingerprint density at radius 2 is 0.690 bits per heavy atom. The summed E-state index contributed by atoms with van der Waals surface area (Å²) < 4.78 is 0. The number of hydrogen-bond donors (Lipinski definition) is 3. The molecule has 15 heteroatoms. The van der Waals surface area contributed by atoms with Crippen LogP contribution in [0.15, 0.2) is 115 Å². The Labute approximate surface area is 671 Å². The summed E-state index contributed by atoms with van der Waals surface area (Å²) in [6.07, 6.45) is 38.5. The largest absolute Gasteiger partial charge is 0.342 e. The molecule has 9 aromatic rings. The van der Waals surface area contributed by atoms with Gasteiger partial charge in [-0.1, -0.05) is 99.0 Å². The molecule has 3 amide bonds. The summed E-state index contributed by atoms with van der Waals surface area (Å²) in [7, 11) is 6.51. The Balaban J connectivity index is 0.000000133. The molecular weight excluding hydrogens is 1390 g/mol. The molecule has 0 bridgehead atoms. The van der Waals surface area contributed by atoms with Gasteiger partial charge >= 0.3 is 0 Å². The third kappa shape index (κ3) is 17.1. The second-order valence-corrected chi connectivity index (χ2v) is 33.8. The second-order valence-electron chi connectivity index (χ2n) is 33.8. The number of benzene rings is 6. The number of H-pyrrole nitrogens is 3. The van der Waals surface area contributed by atoms with Crippen LogP contribution in [0, 0.1) is 50.9 Å². The zero-order valence-electron chi connectivity index (χ0n) is 66.5. The van der Waals surface area contributed by atoms with Gasteiger partial charge in [0.25, 0.3) is 17.7 Å². The van der Waals surface area contributed by atoms with E-state index in [1.54, 1.807) is 0 Å².